The van der Waals surface area contributed by atoms with Gasteiger partial charge < -0.3 is 5.32 Å². The van der Waals surface area contributed by atoms with Crippen molar-refractivity contribution in [1.82, 2.24) is 5.32 Å². The number of hydrogen-bond donors (Lipinski definition) is 1. The predicted molar refractivity (Wildman–Crippen MR) is 34.1 cm³/mol. The zero-order valence-electron chi connectivity index (χ0n) is 6.04. The van der Waals surface area contributed by atoms with E-state index in [4.69, 9.17) is 0 Å². The zero-order chi connectivity index (χ0) is 8.11. The highest BCUT2D eigenvalue weighted by Crippen LogP contribution is 2.54. The van der Waals surface area contributed by atoms with Crippen LogP contribution in [0, 0.1) is 11.3 Å². The van der Waals surface area contributed by atoms with Crippen LogP contribution in [0.4, 0.5) is 13.2 Å². The van der Waals surface area contributed by atoms with Crippen LogP contribution in [0.2, 0.25) is 0 Å². The molecule has 1 spiro atoms. The monoisotopic (exact) mass is 165 g/mol. The molecule has 1 saturated heterocycles. The zero-order valence-corrected chi connectivity index (χ0v) is 6.04. The van der Waals surface area contributed by atoms with Crippen LogP contribution in [-0.4, -0.2) is 19.3 Å². The molecule has 1 aliphatic carbocycles. The molecular formula is C7H10F3N. The summed E-state index contributed by atoms with van der Waals surface area (Å²) in [6.45, 7) is 1.58. The molecule has 1 aliphatic heterocycles. The molecule has 64 valence electrons. The summed E-state index contributed by atoms with van der Waals surface area (Å²) in [5, 5.41) is 3.01. The Morgan fingerprint density at radius 3 is 2.00 bits per heavy atom. The number of alkyl halides is 3. The quantitative estimate of drug-likeness (QED) is 0.574. The van der Waals surface area contributed by atoms with Crippen molar-refractivity contribution in [3.05, 3.63) is 0 Å². The third-order valence-corrected chi connectivity index (χ3v) is 2.82. The van der Waals surface area contributed by atoms with Crippen molar-refractivity contribution in [2.24, 2.45) is 11.3 Å². The summed E-state index contributed by atoms with van der Waals surface area (Å²) >= 11 is 0. The number of halogens is 3. The smallest absolute Gasteiger partial charge is 0.316 e. The van der Waals surface area contributed by atoms with E-state index in [2.05, 4.69) is 5.32 Å². The normalized spacial score (nSPS) is 29.7. The third kappa shape index (κ3) is 1.04. The van der Waals surface area contributed by atoms with Crippen molar-refractivity contribution >= 4 is 0 Å². The fourth-order valence-corrected chi connectivity index (χ4v) is 1.98. The Labute approximate surface area is 63.0 Å². The fraction of sp³-hybridized carbons (Fsp3) is 1.00. The van der Waals surface area contributed by atoms with Gasteiger partial charge in [-0.05, 0) is 18.3 Å². The molecule has 1 N–H and O–H groups in total. The van der Waals surface area contributed by atoms with Crippen LogP contribution >= 0.6 is 0 Å². The van der Waals surface area contributed by atoms with Crippen LogP contribution in [0.3, 0.4) is 0 Å². The molecule has 0 radical (unpaired) electrons. The van der Waals surface area contributed by atoms with Gasteiger partial charge in [0.15, 0.2) is 0 Å². The topological polar surface area (TPSA) is 12.0 Å². The highest BCUT2D eigenvalue weighted by Gasteiger charge is 2.57. The third-order valence-electron chi connectivity index (χ3n) is 2.82. The van der Waals surface area contributed by atoms with E-state index in [9.17, 15) is 13.2 Å². The van der Waals surface area contributed by atoms with Crippen molar-refractivity contribution in [3.8, 4) is 0 Å². The van der Waals surface area contributed by atoms with E-state index in [0.29, 0.717) is 12.8 Å². The van der Waals surface area contributed by atoms with Gasteiger partial charge in [-0.2, -0.15) is 13.2 Å². The van der Waals surface area contributed by atoms with Crippen LogP contribution in [0.15, 0.2) is 0 Å². The molecule has 11 heavy (non-hydrogen) atoms. The Balaban J connectivity index is 1.88. The minimum absolute atomic E-state index is 0.0419. The van der Waals surface area contributed by atoms with Crippen molar-refractivity contribution in [3.63, 3.8) is 0 Å². The molecule has 1 saturated carbocycles. The predicted octanol–water partition coefficient (Wildman–Crippen LogP) is 1.55. The van der Waals surface area contributed by atoms with E-state index >= 15 is 0 Å². The van der Waals surface area contributed by atoms with Gasteiger partial charge in [-0.15, -0.1) is 0 Å². The molecule has 0 bridgehead atoms. The van der Waals surface area contributed by atoms with Crippen LogP contribution in [-0.2, 0) is 0 Å². The van der Waals surface area contributed by atoms with E-state index in [-0.39, 0.29) is 5.41 Å². The van der Waals surface area contributed by atoms with Gasteiger partial charge in [-0.25, -0.2) is 0 Å². The Morgan fingerprint density at radius 1 is 1.18 bits per heavy atom. The molecule has 2 rings (SSSR count). The Bertz CT molecular complexity index is 163. The van der Waals surface area contributed by atoms with Crippen LogP contribution in [0.5, 0.6) is 0 Å². The second-order valence-corrected chi connectivity index (χ2v) is 3.75. The molecule has 0 aromatic heterocycles. The van der Waals surface area contributed by atoms with E-state index < -0.39 is 12.1 Å². The maximum absolute atomic E-state index is 12.0. The maximum atomic E-state index is 12.0. The SMILES string of the molecule is FC(F)(F)C1CC2(CNC2)C1. The lowest BCUT2D eigenvalue weighted by atomic mass is 9.58. The maximum Gasteiger partial charge on any atom is 0.391 e. The lowest BCUT2D eigenvalue weighted by Gasteiger charge is -2.54. The number of rotatable bonds is 0. The van der Waals surface area contributed by atoms with Gasteiger partial charge in [0, 0.05) is 13.1 Å². The summed E-state index contributed by atoms with van der Waals surface area (Å²) < 4.78 is 36.0. The number of nitrogens with one attached hydrogen (secondary N) is 1. The first-order chi connectivity index (χ1) is 5.02. The standard InChI is InChI=1S/C7H10F3N/c8-7(9,10)5-1-6(2-5)3-11-4-6/h5,11H,1-4H2. The summed E-state index contributed by atoms with van der Waals surface area (Å²) in [6, 6.07) is 0. The molecule has 0 unspecified atom stereocenters. The molecule has 0 aromatic rings. The first kappa shape index (κ1) is 7.40. The fourth-order valence-electron chi connectivity index (χ4n) is 1.98. The van der Waals surface area contributed by atoms with E-state index in [1.807, 2.05) is 0 Å². The highest BCUT2D eigenvalue weighted by atomic mass is 19.4. The minimum atomic E-state index is -3.94. The molecule has 0 atom stereocenters. The van der Waals surface area contributed by atoms with Crippen molar-refractivity contribution in [1.29, 1.82) is 0 Å². The van der Waals surface area contributed by atoms with Crippen molar-refractivity contribution in [2.45, 2.75) is 19.0 Å². The highest BCUT2D eigenvalue weighted by molar-refractivity contribution is 5.04. The average Bonchev–Trinajstić information content (AvgIpc) is 1.49. The summed E-state index contributed by atoms with van der Waals surface area (Å²) in [6.07, 6.45) is -3.24. The molecule has 1 nitrogen and oxygen atoms in total. The first-order valence-corrected chi connectivity index (χ1v) is 3.79. The number of hydrogen-bond acceptors (Lipinski definition) is 1. The van der Waals surface area contributed by atoms with E-state index in [1.165, 1.54) is 0 Å². The van der Waals surface area contributed by atoms with Crippen LogP contribution < -0.4 is 5.32 Å². The molecular weight excluding hydrogens is 155 g/mol. The largest absolute Gasteiger partial charge is 0.391 e. The summed E-state index contributed by atoms with van der Waals surface area (Å²) in [7, 11) is 0. The summed E-state index contributed by atoms with van der Waals surface area (Å²) in [5.41, 5.74) is 0.0419. The van der Waals surface area contributed by atoms with Gasteiger partial charge in [-0.3, -0.25) is 0 Å². The second kappa shape index (κ2) is 1.91. The van der Waals surface area contributed by atoms with Gasteiger partial charge in [0.25, 0.3) is 0 Å². The molecule has 0 amide bonds. The lowest BCUT2D eigenvalue weighted by Crippen LogP contribution is -2.62. The summed E-state index contributed by atoms with van der Waals surface area (Å²) in [5.74, 6) is -1.01. The average molecular weight is 165 g/mol. The molecule has 2 fully saturated rings. The second-order valence-electron chi connectivity index (χ2n) is 3.75. The summed E-state index contributed by atoms with van der Waals surface area (Å²) in [4.78, 5) is 0. The Kier molecular flexibility index (Phi) is 1.29. The first-order valence-electron chi connectivity index (χ1n) is 3.79. The van der Waals surface area contributed by atoms with Gasteiger partial charge >= 0.3 is 6.18 Å². The van der Waals surface area contributed by atoms with Crippen molar-refractivity contribution < 1.29 is 13.2 Å². The van der Waals surface area contributed by atoms with Gasteiger partial charge in [-0.1, -0.05) is 0 Å². The molecule has 1 heterocycles. The minimum Gasteiger partial charge on any atom is -0.316 e. The molecule has 0 aromatic carbocycles. The van der Waals surface area contributed by atoms with Gasteiger partial charge in [0.1, 0.15) is 0 Å². The van der Waals surface area contributed by atoms with Gasteiger partial charge in [0.2, 0.25) is 0 Å². The van der Waals surface area contributed by atoms with E-state index in [1.54, 1.807) is 0 Å². The van der Waals surface area contributed by atoms with E-state index in [0.717, 1.165) is 13.1 Å². The van der Waals surface area contributed by atoms with Crippen LogP contribution in [0.25, 0.3) is 0 Å². The van der Waals surface area contributed by atoms with Crippen molar-refractivity contribution in [2.75, 3.05) is 13.1 Å². The Hall–Kier alpha value is -0.250. The Morgan fingerprint density at radius 2 is 1.73 bits per heavy atom. The molecule has 4 heteroatoms. The van der Waals surface area contributed by atoms with Gasteiger partial charge in [0.05, 0.1) is 5.92 Å². The van der Waals surface area contributed by atoms with Crippen LogP contribution in [0.1, 0.15) is 12.8 Å². The lowest BCUT2D eigenvalue weighted by molar-refractivity contribution is -0.228. The molecule has 2 aliphatic rings.